The summed E-state index contributed by atoms with van der Waals surface area (Å²) < 4.78 is 0. The number of likely N-dealkylation sites (N-methyl/N-ethyl adjacent to an activating group) is 1. The van der Waals surface area contributed by atoms with E-state index in [9.17, 15) is 9.90 Å². The summed E-state index contributed by atoms with van der Waals surface area (Å²) in [5.74, 6) is 0.401. The second kappa shape index (κ2) is 5.79. The molecule has 3 unspecified atom stereocenters. The summed E-state index contributed by atoms with van der Waals surface area (Å²) in [6.45, 7) is 5.75. The summed E-state index contributed by atoms with van der Waals surface area (Å²) in [7, 11) is 2.13. The summed E-state index contributed by atoms with van der Waals surface area (Å²) in [6, 6.07) is 3.89. The molecule has 0 saturated carbocycles. The van der Waals surface area contributed by atoms with Crippen LogP contribution in [0, 0.1) is 19.8 Å². The van der Waals surface area contributed by atoms with E-state index in [1.807, 2.05) is 37.7 Å². The van der Waals surface area contributed by atoms with Crippen LogP contribution < -0.4 is 10.6 Å². The predicted octanol–water partition coefficient (Wildman–Crippen LogP) is 2.01. The van der Waals surface area contributed by atoms with Gasteiger partial charge in [0.15, 0.2) is 0 Å². The normalized spacial score (nSPS) is 30.1. The Morgan fingerprint density at radius 1 is 1.29 bits per heavy atom. The molecule has 128 valence electrons. The van der Waals surface area contributed by atoms with Crippen molar-refractivity contribution in [2.75, 3.05) is 20.1 Å². The van der Waals surface area contributed by atoms with Gasteiger partial charge in [-0.1, -0.05) is 0 Å². The molecular weight excluding hydrogens is 322 g/mol. The first-order valence-electron chi connectivity index (χ1n) is 8.37. The van der Waals surface area contributed by atoms with Crippen molar-refractivity contribution in [1.29, 1.82) is 0 Å². The monoisotopic (exact) mass is 345 g/mol. The Hall–Kier alpha value is -1.50. The molecule has 24 heavy (non-hydrogen) atoms. The highest BCUT2D eigenvalue weighted by atomic mass is 32.2. The Balaban J connectivity index is 1.59. The van der Waals surface area contributed by atoms with Crippen LogP contribution in [-0.2, 0) is 4.79 Å². The van der Waals surface area contributed by atoms with E-state index in [0.29, 0.717) is 5.75 Å². The number of hydrogen-bond acceptors (Lipinski definition) is 5. The van der Waals surface area contributed by atoms with Crippen molar-refractivity contribution in [3.05, 3.63) is 39.3 Å². The zero-order valence-electron chi connectivity index (χ0n) is 14.2. The van der Waals surface area contributed by atoms with E-state index in [1.54, 1.807) is 0 Å². The minimum Gasteiger partial charge on any atom is -0.507 e. The summed E-state index contributed by atoms with van der Waals surface area (Å²) >= 11 is 1.81. The average molecular weight is 345 g/mol. The number of benzene rings is 1. The smallest absolute Gasteiger partial charge is 0.231 e. The fraction of sp³-hybridized carbons (Fsp3) is 0.500. The summed E-state index contributed by atoms with van der Waals surface area (Å²) in [5.41, 5.74) is 3.99. The fourth-order valence-electron chi connectivity index (χ4n) is 3.92. The maximum absolute atomic E-state index is 12.8. The lowest BCUT2D eigenvalue weighted by Crippen LogP contribution is -2.54. The quantitative estimate of drug-likeness (QED) is 0.727. The van der Waals surface area contributed by atoms with Crippen LogP contribution in [0.3, 0.4) is 0 Å². The highest BCUT2D eigenvalue weighted by Crippen LogP contribution is 2.47. The van der Waals surface area contributed by atoms with Gasteiger partial charge in [0.2, 0.25) is 5.91 Å². The first-order chi connectivity index (χ1) is 11.4. The molecule has 0 radical (unpaired) electrons. The molecule has 0 spiro atoms. The van der Waals surface area contributed by atoms with Gasteiger partial charge in [-0.3, -0.25) is 10.1 Å². The maximum Gasteiger partial charge on any atom is 0.231 e. The van der Waals surface area contributed by atoms with Gasteiger partial charge in [-0.15, -0.1) is 11.8 Å². The third-order valence-corrected chi connectivity index (χ3v) is 6.57. The highest BCUT2D eigenvalue weighted by Gasteiger charge is 2.45. The van der Waals surface area contributed by atoms with E-state index in [-0.39, 0.29) is 23.4 Å². The summed E-state index contributed by atoms with van der Waals surface area (Å²) in [5, 5.41) is 16.8. The molecule has 3 aliphatic heterocycles. The zero-order valence-corrected chi connectivity index (χ0v) is 15.0. The topological polar surface area (TPSA) is 64.6 Å². The lowest BCUT2D eigenvalue weighted by atomic mass is 9.90. The molecule has 0 aromatic heterocycles. The Bertz CT molecular complexity index is 723. The van der Waals surface area contributed by atoms with Crippen LogP contribution in [0.4, 0.5) is 0 Å². The first kappa shape index (κ1) is 16.0. The van der Waals surface area contributed by atoms with Crippen molar-refractivity contribution in [2.24, 2.45) is 5.92 Å². The van der Waals surface area contributed by atoms with Gasteiger partial charge in [-0.2, -0.15) is 0 Å². The number of nitrogens with zero attached hydrogens (tertiary/aromatic N) is 1. The minimum atomic E-state index is -0.205. The molecule has 1 aromatic carbocycles. The number of carbonyl (C=O) groups excluding carboxylic acids is 1. The van der Waals surface area contributed by atoms with Crippen LogP contribution in [-0.4, -0.2) is 41.4 Å². The van der Waals surface area contributed by atoms with E-state index >= 15 is 0 Å². The molecule has 3 aliphatic rings. The predicted molar refractivity (Wildman–Crippen MR) is 95.6 cm³/mol. The first-order valence-corrected chi connectivity index (χ1v) is 9.25. The number of fused-ring (bicyclic) bond motifs is 2. The molecule has 3 atom stereocenters. The molecule has 3 N–H and O–H groups in total. The van der Waals surface area contributed by atoms with Crippen LogP contribution >= 0.6 is 11.8 Å². The van der Waals surface area contributed by atoms with E-state index in [4.69, 9.17) is 0 Å². The van der Waals surface area contributed by atoms with Gasteiger partial charge in [0.25, 0.3) is 0 Å². The molecule has 0 aliphatic carbocycles. The van der Waals surface area contributed by atoms with Crippen molar-refractivity contribution in [3.8, 4) is 5.75 Å². The summed E-state index contributed by atoms with van der Waals surface area (Å²) in [6.07, 6.45) is 0.778. The third-order valence-electron chi connectivity index (χ3n) is 5.23. The molecular formula is C18H23N3O2S. The van der Waals surface area contributed by atoms with Gasteiger partial charge in [0, 0.05) is 18.0 Å². The fourth-order valence-corrected chi connectivity index (χ4v) is 5.53. The van der Waals surface area contributed by atoms with Gasteiger partial charge in [0.1, 0.15) is 11.9 Å². The number of amides is 1. The Kier molecular flexibility index (Phi) is 3.86. The number of thioether (sulfide) groups is 1. The number of nitrogens with one attached hydrogen (secondary N) is 2. The number of aromatic hydroxyl groups is 1. The number of aryl methyl sites for hydroxylation is 2. The average Bonchev–Trinajstić information content (AvgIpc) is 2.89. The number of hydrogen-bond donors (Lipinski definition) is 3. The lowest BCUT2D eigenvalue weighted by Gasteiger charge is -2.35. The van der Waals surface area contributed by atoms with E-state index in [0.717, 1.165) is 36.2 Å². The zero-order chi connectivity index (χ0) is 17.0. The Morgan fingerprint density at radius 2 is 2.00 bits per heavy atom. The van der Waals surface area contributed by atoms with Crippen molar-refractivity contribution in [2.45, 2.75) is 31.8 Å². The van der Waals surface area contributed by atoms with Gasteiger partial charge < -0.3 is 15.3 Å². The van der Waals surface area contributed by atoms with Crippen molar-refractivity contribution < 1.29 is 9.90 Å². The Labute approximate surface area is 146 Å². The largest absolute Gasteiger partial charge is 0.507 e. The molecule has 1 fully saturated rings. The van der Waals surface area contributed by atoms with E-state index in [2.05, 4.69) is 22.6 Å². The summed E-state index contributed by atoms with van der Waals surface area (Å²) in [4.78, 5) is 16.4. The van der Waals surface area contributed by atoms with Crippen LogP contribution in [0.5, 0.6) is 5.75 Å². The highest BCUT2D eigenvalue weighted by molar-refractivity contribution is 8.04. The molecule has 0 bridgehead atoms. The maximum atomic E-state index is 12.8. The second-order valence-electron chi connectivity index (χ2n) is 7.06. The third kappa shape index (κ3) is 2.53. The van der Waals surface area contributed by atoms with Gasteiger partial charge >= 0.3 is 0 Å². The SMILES string of the molecule is Cc1cc(C2NC(=O)C3C4=C(CN(C)CC4)SC3N2)cc(C)c1O. The number of carbonyl (C=O) groups is 1. The molecule has 5 nitrogen and oxygen atoms in total. The van der Waals surface area contributed by atoms with Crippen LogP contribution in [0.2, 0.25) is 0 Å². The Morgan fingerprint density at radius 3 is 2.71 bits per heavy atom. The molecule has 1 saturated heterocycles. The molecule has 1 aromatic rings. The number of phenols is 1. The number of rotatable bonds is 1. The second-order valence-corrected chi connectivity index (χ2v) is 8.30. The van der Waals surface area contributed by atoms with Crippen molar-refractivity contribution >= 4 is 17.7 Å². The van der Waals surface area contributed by atoms with Gasteiger partial charge in [-0.25, -0.2) is 0 Å². The standard InChI is InChI=1S/C18H23N3O2S/c1-9-6-11(7-10(2)15(9)22)16-19-17(23)14-12-4-5-21(3)8-13(12)24-18(14)20-16/h6-7,14,16,18,20,22H,4-5,8H2,1-3H3,(H,19,23). The lowest BCUT2D eigenvalue weighted by molar-refractivity contribution is -0.127. The van der Waals surface area contributed by atoms with E-state index < -0.39 is 0 Å². The van der Waals surface area contributed by atoms with Crippen LogP contribution in [0.1, 0.15) is 29.3 Å². The van der Waals surface area contributed by atoms with Crippen molar-refractivity contribution in [3.63, 3.8) is 0 Å². The molecule has 3 heterocycles. The van der Waals surface area contributed by atoms with Crippen LogP contribution in [0.15, 0.2) is 22.6 Å². The van der Waals surface area contributed by atoms with Crippen molar-refractivity contribution in [1.82, 2.24) is 15.5 Å². The number of phenolic OH excluding ortho intramolecular Hbond substituents is 1. The van der Waals surface area contributed by atoms with Gasteiger partial charge in [-0.05, 0) is 61.7 Å². The molecule has 1 amide bonds. The molecule has 4 rings (SSSR count). The van der Waals surface area contributed by atoms with Crippen LogP contribution in [0.25, 0.3) is 0 Å². The van der Waals surface area contributed by atoms with Gasteiger partial charge in [0.05, 0.1) is 11.3 Å². The molecule has 6 heteroatoms. The van der Waals surface area contributed by atoms with E-state index in [1.165, 1.54) is 10.5 Å². The minimum absolute atomic E-state index is 0.0470.